The van der Waals surface area contributed by atoms with Crippen molar-refractivity contribution in [2.45, 2.75) is 6.92 Å². The third-order valence-electron chi connectivity index (χ3n) is 2.19. The molecular weight excluding hydrogens is 246 g/mol. The van der Waals surface area contributed by atoms with E-state index < -0.39 is 5.97 Å². The lowest BCUT2D eigenvalue weighted by Crippen LogP contribution is -2.29. The Morgan fingerprint density at radius 2 is 1.53 bits per heavy atom. The molecule has 1 aromatic rings. The normalized spacial score (nSPS) is 13.0. The highest BCUT2D eigenvalue weighted by atomic mass is 16.4. The smallest absolute Gasteiger partial charge is 0.330 e. The number of aliphatic carboxylic acids is 1. The molecule has 19 heavy (non-hydrogen) atoms. The van der Waals surface area contributed by atoms with Gasteiger partial charge < -0.3 is 5.11 Å². The fourth-order valence-corrected chi connectivity index (χ4v) is 1.23. The number of rotatable bonds is 2. The Kier molecular flexibility index (Phi) is 4.76. The summed E-state index contributed by atoms with van der Waals surface area (Å²) in [5, 5.41) is 7.89. The maximum Gasteiger partial charge on any atom is 0.330 e. The zero-order valence-corrected chi connectivity index (χ0v) is 10.4. The summed E-state index contributed by atoms with van der Waals surface area (Å²) in [6.07, 6.45) is 2.55. The van der Waals surface area contributed by atoms with Crippen LogP contribution in [0.25, 0.3) is 0 Å². The summed E-state index contributed by atoms with van der Waals surface area (Å²) >= 11 is 0. The van der Waals surface area contributed by atoms with Gasteiger partial charge in [-0.15, -0.1) is 0 Å². The largest absolute Gasteiger partial charge is 0.478 e. The second kappa shape index (κ2) is 6.30. The average Bonchev–Trinajstić information content (AvgIpc) is 2.71. The lowest BCUT2D eigenvalue weighted by atomic mass is 10.3. The topological polar surface area (TPSA) is 74.7 Å². The second-order valence-electron chi connectivity index (χ2n) is 3.77. The number of carboxylic acids is 1. The van der Waals surface area contributed by atoms with Gasteiger partial charge in [-0.1, -0.05) is 24.8 Å². The third kappa shape index (κ3) is 3.92. The first kappa shape index (κ1) is 14.4. The number of nitrogens with zero attached hydrogens (tertiary/aromatic N) is 1. The lowest BCUT2D eigenvalue weighted by Gasteiger charge is -2.12. The van der Waals surface area contributed by atoms with Gasteiger partial charge in [0.1, 0.15) is 0 Å². The van der Waals surface area contributed by atoms with Crippen molar-refractivity contribution in [2.75, 3.05) is 4.90 Å². The Hall–Kier alpha value is -2.69. The van der Waals surface area contributed by atoms with E-state index in [1.165, 1.54) is 19.1 Å². The molecule has 1 heterocycles. The van der Waals surface area contributed by atoms with Gasteiger partial charge in [0.05, 0.1) is 5.69 Å². The molecule has 1 aliphatic heterocycles. The molecule has 1 N–H and O–H groups in total. The second-order valence-corrected chi connectivity index (χ2v) is 3.77. The molecule has 0 radical (unpaired) electrons. The molecule has 0 saturated carbocycles. The van der Waals surface area contributed by atoms with E-state index in [0.717, 1.165) is 4.90 Å². The van der Waals surface area contributed by atoms with Crippen LogP contribution in [0.15, 0.2) is 54.6 Å². The van der Waals surface area contributed by atoms with Crippen LogP contribution in [0.4, 0.5) is 5.69 Å². The number of carbonyl (C=O) groups is 3. The molecule has 0 aliphatic carbocycles. The molecule has 2 amide bonds. The first-order chi connectivity index (χ1) is 8.93. The molecule has 0 unspecified atom stereocenters. The van der Waals surface area contributed by atoms with Gasteiger partial charge in [0.2, 0.25) is 0 Å². The molecule has 5 heteroatoms. The van der Waals surface area contributed by atoms with Crippen LogP contribution in [0.1, 0.15) is 6.92 Å². The quantitative estimate of drug-likeness (QED) is 0.648. The van der Waals surface area contributed by atoms with Crippen molar-refractivity contribution < 1.29 is 19.5 Å². The van der Waals surface area contributed by atoms with Crippen molar-refractivity contribution in [3.05, 3.63) is 54.6 Å². The Balaban J connectivity index is 0.000000258. The highest BCUT2D eigenvalue weighted by Crippen LogP contribution is 2.17. The minimum Gasteiger partial charge on any atom is -0.478 e. The van der Waals surface area contributed by atoms with E-state index in [-0.39, 0.29) is 17.4 Å². The Morgan fingerprint density at radius 1 is 1.11 bits per heavy atom. The SMILES string of the molecule is C=C(C)C(=O)O.O=C1C=CC(=O)N1c1ccccc1. The summed E-state index contributed by atoms with van der Waals surface area (Å²) in [5.74, 6) is -1.50. The summed E-state index contributed by atoms with van der Waals surface area (Å²) in [4.78, 5) is 33.1. The predicted molar refractivity (Wildman–Crippen MR) is 70.5 cm³/mol. The Bertz CT molecular complexity index is 516. The number of carboxylic acid groups (broad SMARTS) is 1. The number of amides is 2. The molecule has 0 spiro atoms. The Morgan fingerprint density at radius 3 is 1.89 bits per heavy atom. The van der Waals surface area contributed by atoms with E-state index in [9.17, 15) is 14.4 Å². The summed E-state index contributed by atoms with van der Waals surface area (Å²) in [6, 6.07) is 8.86. The van der Waals surface area contributed by atoms with Gasteiger partial charge in [-0.2, -0.15) is 0 Å². The van der Waals surface area contributed by atoms with Crippen LogP contribution in [-0.4, -0.2) is 22.9 Å². The molecule has 0 fully saturated rings. The molecule has 98 valence electrons. The zero-order chi connectivity index (χ0) is 14.4. The molecular formula is C14H13NO4. The maximum absolute atomic E-state index is 11.2. The molecule has 0 saturated heterocycles. The highest BCUT2D eigenvalue weighted by Gasteiger charge is 2.24. The molecule has 2 rings (SSSR count). The average molecular weight is 259 g/mol. The van der Waals surface area contributed by atoms with E-state index in [2.05, 4.69) is 6.58 Å². The number of hydrogen-bond donors (Lipinski definition) is 1. The van der Waals surface area contributed by atoms with Gasteiger partial charge >= 0.3 is 5.97 Å². The van der Waals surface area contributed by atoms with Crippen molar-refractivity contribution in [3.8, 4) is 0 Å². The molecule has 0 bridgehead atoms. The van der Waals surface area contributed by atoms with Gasteiger partial charge in [-0.25, -0.2) is 9.69 Å². The number of benzene rings is 1. The van der Waals surface area contributed by atoms with Crippen LogP contribution in [0, 0.1) is 0 Å². The van der Waals surface area contributed by atoms with Gasteiger partial charge in [-0.05, 0) is 19.1 Å². The van der Waals surface area contributed by atoms with Crippen LogP contribution < -0.4 is 4.90 Å². The van der Waals surface area contributed by atoms with Crippen LogP contribution in [0.3, 0.4) is 0 Å². The van der Waals surface area contributed by atoms with Crippen molar-refractivity contribution >= 4 is 23.5 Å². The van der Waals surface area contributed by atoms with Crippen LogP contribution in [0.2, 0.25) is 0 Å². The zero-order valence-electron chi connectivity index (χ0n) is 10.4. The summed E-state index contributed by atoms with van der Waals surface area (Å²) in [7, 11) is 0. The molecule has 5 nitrogen and oxygen atoms in total. The van der Waals surface area contributed by atoms with Crippen LogP contribution >= 0.6 is 0 Å². The van der Waals surface area contributed by atoms with Gasteiger partial charge in [0.15, 0.2) is 0 Å². The summed E-state index contributed by atoms with van der Waals surface area (Å²) in [5.41, 5.74) is 0.789. The lowest BCUT2D eigenvalue weighted by molar-refractivity contribution is -0.132. The van der Waals surface area contributed by atoms with Gasteiger partial charge in [-0.3, -0.25) is 9.59 Å². The minimum atomic E-state index is -0.935. The number of anilines is 1. The van der Waals surface area contributed by atoms with Crippen LogP contribution in [-0.2, 0) is 14.4 Å². The summed E-state index contributed by atoms with van der Waals surface area (Å²) < 4.78 is 0. The molecule has 1 aromatic carbocycles. The number of hydrogen-bond acceptors (Lipinski definition) is 3. The minimum absolute atomic E-state index is 0.176. The van der Waals surface area contributed by atoms with Gasteiger partial charge in [0.25, 0.3) is 11.8 Å². The molecule has 0 aromatic heterocycles. The van der Waals surface area contributed by atoms with E-state index in [1.54, 1.807) is 24.3 Å². The van der Waals surface area contributed by atoms with Crippen molar-refractivity contribution in [3.63, 3.8) is 0 Å². The number of para-hydroxylation sites is 1. The van der Waals surface area contributed by atoms with Crippen molar-refractivity contribution in [2.24, 2.45) is 0 Å². The highest BCUT2D eigenvalue weighted by molar-refractivity contribution is 6.28. The predicted octanol–water partition coefficient (Wildman–Crippen LogP) is 1.76. The van der Waals surface area contributed by atoms with E-state index >= 15 is 0 Å². The fraction of sp³-hybridized carbons (Fsp3) is 0.0714. The first-order valence-corrected chi connectivity index (χ1v) is 5.43. The van der Waals surface area contributed by atoms with E-state index in [1.807, 2.05) is 6.07 Å². The molecule has 1 aliphatic rings. The van der Waals surface area contributed by atoms with Gasteiger partial charge in [0, 0.05) is 17.7 Å². The van der Waals surface area contributed by atoms with E-state index in [4.69, 9.17) is 5.11 Å². The third-order valence-corrected chi connectivity index (χ3v) is 2.19. The monoisotopic (exact) mass is 259 g/mol. The summed E-state index contributed by atoms with van der Waals surface area (Å²) in [6.45, 7) is 4.60. The van der Waals surface area contributed by atoms with Crippen molar-refractivity contribution in [1.29, 1.82) is 0 Å². The van der Waals surface area contributed by atoms with E-state index in [0.29, 0.717) is 5.69 Å². The fourth-order valence-electron chi connectivity index (χ4n) is 1.23. The molecule has 0 atom stereocenters. The van der Waals surface area contributed by atoms with Crippen LogP contribution in [0.5, 0.6) is 0 Å². The standard InChI is InChI=1S/C10H7NO2.C4H6O2/c12-9-6-7-10(13)11(9)8-4-2-1-3-5-8;1-3(2)4(5)6/h1-7H;1H2,2H3,(H,5,6). The Labute approximate surface area is 110 Å². The maximum atomic E-state index is 11.2. The number of carbonyl (C=O) groups excluding carboxylic acids is 2. The first-order valence-electron chi connectivity index (χ1n) is 5.43. The van der Waals surface area contributed by atoms with Crippen molar-refractivity contribution in [1.82, 2.24) is 0 Å². The number of imide groups is 1.